The number of ether oxygens (including phenoxy) is 1. The Bertz CT molecular complexity index is 493. The van der Waals surface area contributed by atoms with E-state index in [9.17, 15) is 4.79 Å². The van der Waals surface area contributed by atoms with Gasteiger partial charge in [-0.1, -0.05) is 88.4 Å². The van der Waals surface area contributed by atoms with Gasteiger partial charge < -0.3 is 4.74 Å². The maximum absolute atomic E-state index is 11.7. The fraction of sp³-hybridized carbons (Fsp3) is 0.381. The Morgan fingerprint density at radius 1 is 0.826 bits per heavy atom. The molecule has 0 aliphatic heterocycles. The van der Waals surface area contributed by atoms with Crippen molar-refractivity contribution >= 4 is 5.78 Å². The van der Waals surface area contributed by atoms with Crippen LogP contribution in [-0.2, 0) is 15.1 Å². The second-order valence-electron chi connectivity index (χ2n) is 4.64. The Labute approximate surface area is 141 Å². The number of carbonyl (C=O) groups excluding carboxylic acids is 1. The molecule has 2 heteroatoms. The van der Waals surface area contributed by atoms with Crippen molar-refractivity contribution in [2.45, 2.75) is 46.6 Å². The lowest BCUT2D eigenvalue weighted by molar-refractivity contribution is -0.122. The number of methoxy groups -OCH3 is 1. The minimum absolute atomic E-state index is 0.106. The fourth-order valence-corrected chi connectivity index (χ4v) is 2.44. The van der Waals surface area contributed by atoms with Gasteiger partial charge >= 0.3 is 0 Å². The van der Waals surface area contributed by atoms with Crippen molar-refractivity contribution in [3.63, 3.8) is 0 Å². The van der Waals surface area contributed by atoms with E-state index >= 15 is 0 Å². The van der Waals surface area contributed by atoms with Crippen LogP contribution in [0.5, 0.6) is 0 Å². The van der Waals surface area contributed by atoms with Gasteiger partial charge in [-0.25, -0.2) is 0 Å². The largest absolute Gasteiger partial charge is 0.368 e. The minimum Gasteiger partial charge on any atom is -0.368 e. The van der Waals surface area contributed by atoms with E-state index in [1.165, 1.54) is 0 Å². The first-order valence-corrected chi connectivity index (χ1v) is 8.34. The number of Topliss-reactive ketones (excluding diaryl/α,β-unsaturated/α-hetero) is 1. The zero-order valence-electron chi connectivity index (χ0n) is 15.3. The highest BCUT2D eigenvalue weighted by molar-refractivity contribution is 5.77. The van der Waals surface area contributed by atoms with Crippen molar-refractivity contribution in [2.75, 3.05) is 7.11 Å². The topological polar surface area (TPSA) is 26.3 Å². The lowest BCUT2D eigenvalue weighted by atomic mass is 9.82. The van der Waals surface area contributed by atoms with E-state index in [4.69, 9.17) is 4.74 Å². The van der Waals surface area contributed by atoms with Crippen LogP contribution in [0.1, 0.15) is 52.2 Å². The molecule has 23 heavy (non-hydrogen) atoms. The first-order valence-electron chi connectivity index (χ1n) is 8.34. The van der Waals surface area contributed by atoms with Gasteiger partial charge in [0.2, 0.25) is 0 Å². The summed E-state index contributed by atoms with van der Waals surface area (Å²) in [7, 11) is 1.66. The van der Waals surface area contributed by atoms with Crippen LogP contribution in [-0.4, -0.2) is 12.9 Å². The van der Waals surface area contributed by atoms with Crippen molar-refractivity contribution in [3.8, 4) is 0 Å². The fourth-order valence-electron chi connectivity index (χ4n) is 2.44. The molecule has 0 aromatic heterocycles. The van der Waals surface area contributed by atoms with Crippen LogP contribution in [0, 0.1) is 0 Å². The molecule has 0 unspecified atom stereocenters. The normalized spacial score (nSPS) is 9.83. The number of rotatable bonds is 5. The Morgan fingerprint density at radius 3 is 1.43 bits per heavy atom. The second kappa shape index (κ2) is 11.6. The Hall–Kier alpha value is -1.93. The third-order valence-corrected chi connectivity index (χ3v) is 3.33. The molecular weight excluding hydrogens is 284 g/mol. The summed E-state index contributed by atoms with van der Waals surface area (Å²) in [6.45, 7) is 9.60. The Morgan fingerprint density at radius 2 is 1.17 bits per heavy atom. The highest BCUT2D eigenvalue weighted by Gasteiger charge is 2.35. The number of hydrogen-bond acceptors (Lipinski definition) is 2. The molecular formula is C21H30O2. The Kier molecular flexibility index (Phi) is 10.6. The van der Waals surface area contributed by atoms with Gasteiger partial charge in [0.25, 0.3) is 0 Å². The van der Waals surface area contributed by atoms with Crippen molar-refractivity contribution in [1.29, 1.82) is 0 Å². The van der Waals surface area contributed by atoms with Crippen molar-refractivity contribution in [2.24, 2.45) is 0 Å². The van der Waals surface area contributed by atoms with E-state index in [1.54, 1.807) is 14.0 Å². The minimum atomic E-state index is -0.700. The highest BCUT2D eigenvalue weighted by Crippen LogP contribution is 2.36. The van der Waals surface area contributed by atoms with E-state index in [0.717, 1.165) is 11.1 Å². The molecule has 0 radical (unpaired) electrons. The van der Waals surface area contributed by atoms with Crippen LogP contribution in [0.15, 0.2) is 60.7 Å². The number of hydrogen-bond donors (Lipinski definition) is 0. The van der Waals surface area contributed by atoms with Gasteiger partial charge in [-0.2, -0.15) is 0 Å². The standard InChI is InChI=1S/C17H18O2.2C2H6/c1-14(18)13-17(19-2,15-9-5-3-6-10-15)16-11-7-4-8-12-16;2*1-2/h3-12H,13H2,1-2H3;2*1-2H3. The molecule has 2 aromatic carbocycles. The zero-order chi connectivity index (χ0) is 17.7. The van der Waals surface area contributed by atoms with Gasteiger partial charge in [0.05, 0.1) is 0 Å². The smallest absolute Gasteiger partial charge is 0.133 e. The zero-order valence-corrected chi connectivity index (χ0v) is 15.3. The molecule has 0 aliphatic carbocycles. The van der Waals surface area contributed by atoms with Gasteiger partial charge in [-0.15, -0.1) is 0 Å². The summed E-state index contributed by atoms with van der Waals surface area (Å²) in [6, 6.07) is 19.8. The van der Waals surface area contributed by atoms with Crippen molar-refractivity contribution < 1.29 is 9.53 Å². The van der Waals surface area contributed by atoms with E-state index < -0.39 is 5.60 Å². The lowest BCUT2D eigenvalue weighted by Gasteiger charge is -2.33. The molecule has 0 amide bonds. The van der Waals surface area contributed by atoms with Crippen molar-refractivity contribution in [1.82, 2.24) is 0 Å². The third kappa shape index (κ3) is 5.65. The molecule has 0 N–H and O–H groups in total. The van der Waals surface area contributed by atoms with Crippen LogP contribution in [0.2, 0.25) is 0 Å². The molecule has 0 aliphatic rings. The van der Waals surface area contributed by atoms with Crippen LogP contribution < -0.4 is 0 Å². The van der Waals surface area contributed by atoms with Gasteiger partial charge in [-0.05, 0) is 18.1 Å². The van der Waals surface area contributed by atoms with Gasteiger partial charge in [0.1, 0.15) is 11.4 Å². The summed E-state index contributed by atoms with van der Waals surface area (Å²) >= 11 is 0. The lowest BCUT2D eigenvalue weighted by Crippen LogP contribution is -2.32. The van der Waals surface area contributed by atoms with E-state index in [1.807, 2.05) is 88.4 Å². The predicted octanol–water partition coefficient (Wildman–Crippen LogP) is 5.61. The summed E-state index contributed by atoms with van der Waals surface area (Å²) in [4.78, 5) is 11.7. The summed E-state index contributed by atoms with van der Waals surface area (Å²) in [5.41, 5.74) is 1.30. The number of carbonyl (C=O) groups is 1. The average molecular weight is 314 g/mol. The maximum atomic E-state index is 11.7. The Balaban J connectivity index is 0.00000112. The van der Waals surface area contributed by atoms with Crippen LogP contribution in [0.3, 0.4) is 0 Å². The molecule has 0 bridgehead atoms. The SMILES string of the molecule is CC.CC.COC(CC(C)=O)(c1ccccc1)c1ccccc1. The van der Waals surface area contributed by atoms with Gasteiger partial charge in [0, 0.05) is 13.5 Å². The maximum Gasteiger partial charge on any atom is 0.133 e. The van der Waals surface area contributed by atoms with E-state index in [2.05, 4.69) is 0 Å². The molecule has 0 heterocycles. The average Bonchev–Trinajstić information content (AvgIpc) is 2.64. The van der Waals surface area contributed by atoms with E-state index in [0.29, 0.717) is 6.42 Å². The predicted molar refractivity (Wildman–Crippen MR) is 98.7 cm³/mol. The molecule has 2 rings (SSSR count). The van der Waals surface area contributed by atoms with Crippen LogP contribution >= 0.6 is 0 Å². The molecule has 126 valence electrons. The molecule has 0 atom stereocenters. The first-order chi connectivity index (χ1) is 11.2. The third-order valence-electron chi connectivity index (χ3n) is 3.33. The van der Waals surface area contributed by atoms with Gasteiger partial charge in [0.15, 0.2) is 0 Å². The molecule has 0 saturated heterocycles. The number of benzene rings is 2. The van der Waals surface area contributed by atoms with E-state index in [-0.39, 0.29) is 5.78 Å². The van der Waals surface area contributed by atoms with Crippen LogP contribution in [0.4, 0.5) is 0 Å². The molecule has 0 spiro atoms. The molecule has 0 fully saturated rings. The monoisotopic (exact) mass is 314 g/mol. The van der Waals surface area contributed by atoms with Crippen molar-refractivity contribution in [3.05, 3.63) is 71.8 Å². The summed E-state index contributed by atoms with van der Waals surface area (Å²) in [6.07, 6.45) is 0.331. The second-order valence-corrected chi connectivity index (χ2v) is 4.64. The summed E-state index contributed by atoms with van der Waals surface area (Å²) < 4.78 is 5.80. The number of ketones is 1. The summed E-state index contributed by atoms with van der Waals surface area (Å²) in [5.74, 6) is 0.106. The molecule has 2 nitrogen and oxygen atoms in total. The van der Waals surface area contributed by atoms with Gasteiger partial charge in [-0.3, -0.25) is 4.79 Å². The highest BCUT2D eigenvalue weighted by atomic mass is 16.5. The molecule has 2 aromatic rings. The quantitative estimate of drug-likeness (QED) is 0.717. The van der Waals surface area contributed by atoms with Crippen LogP contribution in [0.25, 0.3) is 0 Å². The first kappa shape index (κ1) is 21.1. The summed E-state index contributed by atoms with van der Waals surface area (Å²) in [5, 5.41) is 0. The molecule has 0 saturated carbocycles.